The smallest absolute Gasteiger partial charge is 0.223 e. The quantitative estimate of drug-likeness (QED) is 0.776. The molecular weight excluding hydrogens is 360 g/mol. The molecule has 1 N–H and O–H groups in total. The first-order chi connectivity index (χ1) is 13.6. The molecule has 2 aromatic rings. The normalized spacial score (nSPS) is 16.7. The zero-order valence-electron chi connectivity index (χ0n) is 16.9. The van der Waals surface area contributed by atoms with Gasteiger partial charge in [0.1, 0.15) is 11.9 Å². The topological polar surface area (TPSA) is 77.9 Å². The fraction of sp³-hybridized carbons (Fsp3) is 0.500. The number of carbonyl (C=O) groups excluding carboxylic acids is 1. The highest BCUT2D eigenvalue weighted by molar-refractivity contribution is 5.77. The number of hydrogen-bond acceptors (Lipinski definition) is 6. The fourth-order valence-electron chi connectivity index (χ4n) is 3.68. The molecule has 1 aromatic carbocycles. The Morgan fingerprint density at radius 1 is 1.21 bits per heavy atom. The van der Waals surface area contributed by atoms with E-state index in [1.807, 2.05) is 34.8 Å². The van der Waals surface area contributed by atoms with E-state index in [0.717, 1.165) is 17.9 Å². The number of piperazine rings is 1. The number of aryl methyl sites for hydroxylation is 2. The van der Waals surface area contributed by atoms with E-state index in [2.05, 4.69) is 10.3 Å². The van der Waals surface area contributed by atoms with Crippen molar-refractivity contribution in [3.63, 3.8) is 0 Å². The van der Waals surface area contributed by atoms with Crippen molar-refractivity contribution in [2.75, 3.05) is 41.0 Å². The molecule has 1 fully saturated rings. The molecule has 152 valence electrons. The Morgan fingerprint density at radius 2 is 2.00 bits per heavy atom. The van der Waals surface area contributed by atoms with Crippen molar-refractivity contribution in [1.29, 1.82) is 0 Å². The van der Waals surface area contributed by atoms with Gasteiger partial charge in [-0.25, -0.2) is 4.98 Å². The van der Waals surface area contributed by atoms with Gasteiger partial charge >= 0.3 is 0 Å². The number of methoxy groups -OCH3 is 3. The Labute approximate surface area is 165 Å². The number of nitrogens with zero attached hydrogens (tertiary/aromatic N) is 3. The summed E-state index contributed by atoms with van der Waals surface area (Å²) in [5.41, 5.74) is 0.914. The molecular formula is C20H28N4O4. The second kappa shape index (κ2) is 8.97. The number of imidazole rings is 1. The maximum Gasteiger partial charge on any atom is 0.223 e. The molecule has 1 aromatic heterocycles. The summed E-state index contributed by atoms with van der Waals surface area (Å²) in [6.07, 6.45) is 4.61. The van der Waals surface area contributed by atoms with Crippen LogP contribution in [0.25, 0.3) is 0 Å². The summed E-state index contributed by atoms with van der Waals surface area (Å²) in [7, 11) is 6.71. The van der Waals surface area contributed by atoms with Crippen LogP contribution in [0.1, 0.15) is 23.9 Å². The van der Waals surface area contributed by atoms with Gasteiger partial charge in [-0.3, -0.25) is 4.79 Å². The zero-order chi connectivity index (χ0) is 20.1. The van der Waals surface area contributed by atoms with Gasteiger partial charge < -0.3 is 29.0 Å². The third-order valence-electron chi connectivity index (χ3n) is 5.11. The van der Waals surface area contributed by atoms with E-state index >= 15 is 0 Å². The number of ether oxygens (including phenoxy) is 3. The molecule has 3 rings (SSSR count). The third kappa shape index (κ3) is 3.91. The van der Waals surface area contributed by atoms with Crippen molar-refractivity contribution in [3.05, 3.63) is 35.9 Å². The summed E-state index contributed by atoms with van der Waals surface area (Å²) in [6, 6.07) is 3.69. The van der Waals surface area contributed by atoms with Crippen molar-refractivity contribution >= 4 is 5.91 Å². The van der Waals surface area contributed by atoms with Gasteiger partial charge in [-0.1, -0.05) is 6.07 Å². The zero-order valence-corrected chi connectivity index (χ0v) is 16.9. The molecule has 1 aliphatic heterocycles. The number of aromatic nitrogens is 2. The highest BCUT2D eigenvalue weighted by atomic mass is 16.5. The number of benzene rings is 1. The van der Waals surface area contributed by atoms with E-state index in [1.54, 1.807) is 27.5 Å². The number of amides is 1. The van der Waals surface area contributed by atoms with Gasteiger partial charge in [0.2, 0.25) is 11.7 Å². The molecule has 0 saturated carbocycles. The average Bonchev–Trinajstić information content (AvgIpc) is 3.16. The molecule has 0 aliphatic carbocycles. The maximum absolute atomic E-state index is 13.0. The highest BCUT2D eigenvalue weighted by Crippen LogP contribution is 2.40. The van der Waals surface area contributed by atoms with Gasteiger partial charge in [0.25, 0.3) is 0 Å². The van der Waals surface area contributed by atoms with Crippen molar-refractivity contribution in [2.45, 2.75) is 18.9 Å². The first kappa shape index (κ1) is 20.0. The summed E-state index contributed by atoms with van der Waals surface area (Å²) in [6.45, 7) is 2.15. The summed E-state index contributed by atoms with van der Waals surface area (Å²) in [5, 5.41) is 3.36. The van der Waals surface area contributed by atoms with E-state index in [4.69, 9.17) is 14.2 Å². The van der Waals surface area contributed by atoms with Gasteiger partial charge in [0.05, 0.1) is 21.3 Å². The van der Waals surface area contributed by atoms with Crippen LogP contribution < -0.4 is 19.5 Å². The third-order valence-corrected chi connectivity index (χ3v) is 5.11. The monoisotopic (exact) mass is 388 g/mol. The summed E-state index contributed by atoms with van der Waals surface area (Å²) < 4.78 is 18.3. The molecule has 8 nitrogen and oxygen atoms in total. The molecule has 2 heterocycles. The van der Waals surface area contributed by atoms with Crippen molar-refractivity contribution < 1.29 is 19.0 Å². The fourth-order valence-corrected chi connectivity index (χ4v) is 3.68. The highest BCUT2D eigenvalue weighted by Gasteiger charge is 2.30. The van der Waals surface area contributed by atoms with Crippen molar-refractivity contribution in [1.82, 2.24) is 19.8 Å². The lowest BCUT2D eigenvalue weighted by molar-refractivity contribution is -0.134. The Kier molecular flexibility index (Phi) is 6.41. The summed E-state index contributed by atoms with van der Waals surface area (Å²) >= 11 is 0. The van der Waals surface area contributed by atoms with Gasteiger partial charge in [-0.2, -0.15) is 0 Å². The second-order valence-electron chi connectivity index (χ2n) is 6.70. The number of hydrogen-bond donors (Lipinski definition) is 1. The van der Waals surface area contributed by atoms with Crippen molar-refractivity contribution in [3.8, 4) is 17.2 Å². The molecule has 8 heteroatoms. The van der Waals surface area contributed by atoms with E-state index in [-0.39, 0.29) is 11.9 Å². The Bertz CT molecular complexity index is 821. The molecule has 0 radical (unpaired) electrons. The standard InChI is InChI=1S/C20H28N4O4/c1-23-11-10-22-20(23)15-13-21-9-12-24(15)17(25)8-6-14-5-7-16(26-2)19(28-4)18(14)27-3/h5,7,10-11,15,21H,6,8-9,12-13H2,1-4H3. The van der Waals surface area contributed by atoms with Crippen LogP contribution in [0.4, 0.5) is 0 Å². The van der Waals surface area contributed by atoms with E-state index in [9.17, 15) is 4.79 Å². The molecule has 0 spiro atoms. The van der Waals surface area contributed by atoms with Crippen LogP contribution in [-0.4, -0.2) is 61.3 Å². The van der Waals surface area contributed by atoms with Gasteiger partial charge in [-0.05, 0) is 18.1 Å². The first-order valence-corrected chi connectivity index (χ1v) is 9.36. The number of carbonyl (C=O) groups is 1. The van der Waals surface area contributed by atoms with Gasteiger partial charge in [0, 0.05) is 45.5 Å². The molecule has 1 aliphatic rings. The minimum atomic E-state index is -0.0615. The average molecular weight is 388 g/mol. The van der Waals surface area contributed by atoms with Crippen molar-refractivity contribution in [2.24, 2.45) is 7.05 Å². The van der Waals surface area contributed by atoms with Crippen LogP contribution in [0.5, 0.6) is 17.2 Å². The van der Waals surface area contributed by atoms with Crippen LogP contribution >= 0.6 is 0 Å². The molecule has 1 atom stereocenters. The lowest BCUT2D eigenvalue weighted by Crippen LogP contribution is -2.49. The summed E-state index contributed by atoms with van der Waals surface area (Å²) in [5.74, 6) is 2.75. The molecule has 0 bridgehead atoms. The second-order valence-corrected chi connectivity index (χ2v) is 6.70. The predicted octanol–water partition coefficient (Wildman–Crippen LogP) is 1.55. The SMILES string of the molecule is COc1ccc(CCC(=O)N2CCNCC2c2nccn2C)c(OC)c1OC. The minimum absolute atomic E-state index is 0.0615. The Hall–Kier alpha value is -2.74. The molecule has 1 saturated heterocycles. The minimum Gasteiger partial charge on any atom is -0.493 e. The molecule has 28 heavy (non-hydrogen) atoms. The van der Waals surface area contributed by atoms with E-state index in [1.165, 1.54) is 0 Å². The Balaban J connectivity index is 1.75. The first-order valence-electron chi connectivity index (χ1n) is 9.36. The number of rotatable bonds is 7. The molecule has 1 amide bonds. The molecule has 1 unspecified atom stereocenters. The van der Waals surface area contributed by atoms with Gasteiger partial charge in [-0.15, -0.1) is 0 Å². The maximum atomic E-state index is 13.0. The van der Waals surface area contributed by atoms with Crippen LogP contribution in [0.3, 0.4) is 0 Å². The van der Waals surface area contributed by atoms with Crippen LogP contribution in [-0.2, 0) is 18.3 Å². The van der Waals surface area contributed by atoms with Gasteiger partial charge in [0.15, 0.2) is 11.5 Å². The van der Waals surface area contributed by atoms with E-state index in [0.29, 0.717) is 43.2 Å². The largest absolute Gasteiger partial charge is 0.493 e. The summed E-state index contributed by atoms with van der Waals surface area (Å²) in [4.78, 5) is 19.4. The van der Waals surface area contributed by atoms with Crippen LogP contribution in [0, 0.1) is 0 Å². The van der Waals surface area contributed by atoms with Crippen LogP contribution in [0.15, 0.2) is 24.5 Å². The predicted molar refractivity (Wildman–Crippen MR) is 105 cm³/mol. The lowest BCUT2D eigenvalue weighted by Gasteiger charge is -2.36. The van der Waals surface area contributed by atoms with Crippen LogP contribution in [0.2, 0.25) is 0 Å². The Morgan fingerprint density at radius 3 is 2.64 bits per heavy atom. The lowest BCUT2D eigenvalue weighted by atomic mass is 10.1. The number of nitrogens with one attached hydrogen (secondary N) is 1. The van der Waals surface area contributed by atoms with E-state index < -0.39 is 0 Å².